The Morgan fingerprint density at radius 3 is 2.61 bits per heavy atom. The number of nitro benzene ring substituents is 1. The highest BCUT2D eigenvalue weighted by molar-refractivity contribution is 5.95. The Kier molecular flexibility index (Phi) is 8.26. The van der Waals surface area contributed by atoms with Gasteiger partial charge < -0.3 is 23.8 Å². The predicted molar refractivity (Wildman–Crippen MR) is 122 cm³/mol. The molecule has 1 heterocycles. The van der Waals surface area contributed by atoms with Crippen LogP contribution in [0.2, 0.25) is 0 Å². The van der Waals surface area contributed by atoms with Crippen LogP contribution >= 0.6 is 0 Å². The molecule has 1 unspecified atom stereocenters. The van der Waals surface area contributed by atoms with E-state index in [9.17, 15) is 14.9 Å². The number of ether oxygens (including phenoxy) is 4. The highest BCUT2D eigenvalue weighted by atomic mass is 16.6. The van der Waals surface area contributed by atoms with Crippen LogP contribution in [0.3, 0.4) is 0 Å². The Bertz CT molecular complexity index is 1000. The molecule has 0 aliphatic carbocycles. The highest BCUT2D eigenvalue weighted by Gasteiger charge is 2.26. The van der Waals surface area contributed by atoms with Crippen LogP contribution in [0.4, 0.5) is 5.69 Å². The Balaban J connectivity index is 1.88. The van der Waals surface area contributed by atoms with Crippen LogP contribution in [-0.2, 0) is 11.3 Å². The minimum Gasteiger partial charge on any atom is -0.493 e. The fourth-order valence-corrected chi connectivity index (χ4v) is 3.70. The minimum atomic E-state index is -0.563. The van der Waals surface area contributed by atoms with Crippen molar-refractivity contribution in [2.24, 2.45) is 0 Å². The van der Waals surface area contributed by atoms with Crippen LogP contribution in [0.25, 0.3) is 0 Å². The first-order valence-electron chi connectivity index (χ1n) is 10.6. The number of methoxy groups -OCH3 is 2. The van der Waals surface area contributed by atoms with E-state index in [4.69, 9.17) is 18.9 Å². The van der Waals surface area contributed by atoms with Gasteiger partial charge in [-0.3, -0.25) is 14.9 Å². The van der Waals surface area contributed by atoms with Crippen molar-refractivity contribution in [3.05, 3.63) is 70.3 Å². The molecule has 0 bridgehead atoms. The summed E-state index contributed by atoms with van der Waals surface area (Å²) < 4.78 is 21.8. The van der Waals surface area contributed by atoms with E-state index in [0.717, 1.165) is 18.4 Å². The Labute approximate surface area is 192 Å². The maximum absolute atomic E-state index is 13.4. The zero-order valence-corrected chi connectivity index (χ0v) is 18.8. The average molecular weight is 456 g/mol. The van der Waals surface area contributed by atoms with Crippen LogP contribution in [0.5, 0.6) is 17.2 Å². The third-order valence-electron chi connectivity index (χ3n) is 5.32. The van der Waals surface area contributed by atoms with Crippen LogP contribution in [0.15, 0.2) is 49.1 Å². The second kappa shape index (κ2) is 11.3. The largest absolute Gasteiger partial charge is 0.493 e. The normalized spacial score (nSPS) is 15.0. The molecular formula is C24H28N2O7. The molecule has 1 atom stereocenters. The number of nitrogens with zero attached hydrogens (tertiary/aromatic N) is 2. The topological polar surface area (TPSA) is 100 Å². The number of hydrogen-bond donors (Lipinski definition) is 0. The lowest BCUT2D eigenvalue weighted by atomic mass is 10.1. The molecule has 1 fully saturated rings. The van der Waals surface area contributed by atoms with Crippen molar-refractivity contribution in [3.63, 3.8) is 0 Å². The molecule has 0 spiro atoms. The molecule has 9 nitrogen and oxygen atoms in total. The first kappa shape index (κ1) is 24.1. The van der Waals surface area contributed by atoms with Crippen molar-refractivity contribution < 1.29 is 28.7 Å². The van der Waals surface area contributed by atoms with Gasteiger partial charge in [0.25, 0.3) is 5.91 Å². The van der Waals surface area contributed by atoms with Gasteiger partial charge in [-0.05, 0) is 42.7 Å². The Hall–Kier alpha value is -3.59. The van der Waals surface area contributed by atoms with Gasteiger partial charge in [0.05, 0.1) is 25.2 Å². The molecule has 1 aliphatic heterocycles. The number of hydrogen-bond acceptors (Lipinski definition) is 7. The van der Waals surface area contributed by atoms with E-state index in [1.54, 1.807) is 24.2 Å². The number of benzene rings is 2. The summed E-state index contributed by atoms with van der Waals surface area (Å²) in [5, 5.41) is 11.4. The summed E-state index contributed by atoms with van der Waals surface area (Å²) in [6.45, 7) is 5.29. The summed E-state index contributed by atoms with van der Waals surface area (Å²) in [6, 6.07) is 9.66. The molecule has 0 aromatic heterocycles. The standard InChI is InChI=1S/C24H28N2O7/c1-4-11-33-22-9-7-17(13-23(22)31-3)15-25(16-19-6-5-12-32-19)24(27)18-8-10-21(30-2)20(14-18)26(28)29/h4,7-10,13-14,19H,1,5-6,11-12,15-16H2,2-3H3. The molecule has 0 radical (unpaired) electrons. The lowest BCUT2D eigenvalue weighted by Gasteiger charge is -2.26. The van der Waals surface area contributed by atoms with E-state index in [1.165, 1.54) is 25.3 Å². The monoisotopic (exact) mass is 456 g/mol. The summed E-state index contributed by atoms with van der Waals surface area (Å²) in [6.07, 6.45) is 3.34. The van der Waals surface area contributed by atoms with Crippen molar-refractivity contribution in [2.45, 2.75) is 25.5 Å². The van der Waals surface area contributed by atoms with E-state index < -0.39 is 4.92 Å². The molecule has 176 valence electrons. The van der Waals surface area contributed by atoms with E-state index >= 15 is 0 Å². The summed E-state index contributed by atoms with van der Waals surface area (Å²) in [5.74, 6) is 0.882. The van der Waals surface area contributed by atoms with Crippen LogP contribution in [0.1, 0.15) is 28.8 Å². The molecule has 9 heteroatoms. The van der Waals surface area contributed by atoms with Crippen LogP contribution in [0, 0.1) is 10.1 Å². The van der Waals surface area contributed by atoms with Gasteiger partial charge in [-0.1, -0.05) is 18.7 Å². The lowest BCUT2D eigenvalue weighted by Crippen LogP contribution is -2.37. The number of rotatable bonds is 11. The molecule has 1 saturated heterocycles. The average Bonchev–Trinajstić information content (AvgIpc) is 3.34. The SMILES string of the molecule is C=CCOc1ccc(CN(CC2CCCO2)C(=O)c2ccc(OC)c([N+](=O)[O-])c2)cc1OC. The van der Waals surface area contributed by atoms with E-state index in [1.807, 2.05) is 12.1 Å². The van der Waals surface area contributed by atoms with Gasteiger partial charge in [-0.2, -0.15) is 0 Å². The van der Waals surface area contributed by atoms with Gasteiger partial charge in [-0.25, -0.2) is 0 Å². The first-order chi connectivity index (χ1) is 16.0. The maximum Gasteiger partial charge on any atom is 0.311 e. The molecular weight excluding hydrogens is 428 g/mol. The molecule has 3 rings (SSSR count). The quantitative estimate of drug-likeness (QED) is 0.286. The first-order valence-corrected chi connectivity index (χ1v) is 10.6. The van der Waals surface area contributed by atoms with Gasteiger partial charge in [0.15, 0.2) is 17.2 Å². The summed E-state index contributed by atoms with van der Waals surface area (Å²) in [5.41, 5.74) is 0.774. The van der Waals surface area contributed by atoms with Crippen LogP contribution in [-0.4, -0.2) is 55.8 Å². The molecule has 1 aliphatic rings. The van der Waals surface area contributed by atoms with E-state index in [2.05, 4.69) is 6.58 Å². The van der Waals surface area contributed by atoms with Crippen LogP contribution < -0.4 is 14.2 Å². The Morgan fingerprint density at radius 2 is 1.97 bits per heavy atom. The van der Waals surface area contributed by atoms with Crippen molar-refractivity contribution in [3.8, 4) is 17.2 Å². The van der Waals surface area contributed by atoms with Gasteiger partial charge >= 0.3 is 5.69 Å². The number of nitro groups is 1. The smallest absolute Gasteiger partial charge is 0.311 e. The summed E-state index contributed by atoms with van der Waals surface area (Å²) in [4.78, 5) is 25.9. The van der Waals surface area contributed by atoms with Gasteiger partial charge in [0.2, 0.25) is 0 Å². The molecule has 2 aromatic rings. The van der Waals surface area contributed by atoms with Gasteiger partial charge in [-0.15, -0.1) is 0 Å². The fraction of sp³-hybridized carbons (Fsp3) is 0.375. The Morgan fingerprint density at radius 1 is 1.21 bits per heavy atom. The second-order valence-corrected chi connectivity index (χ2v) is 7.55. The number of amides is 1. The predicted octanol–water partition coefficient (Wildman–Crippen LogP) is 4.00. The highest BCUT2D eigenvalue weighted by Crippen LogP contribution is 2.31. The van der Waals surface area contributed by atoms with Crippen molar-refractivity contribution >= 4 is 11.6 Å². The minimum absolute atomic E-state index is 0.0840. The van der Waals surface area contributed by atoms with E-state index in [-0.39, 0.29) is 35.6 Å². The van der Waals surface area contributed by atoms with Gasteiger partial charge in [0.1, 0.15) is 6.61 Å². The molecule has 2 aromatic carbocycles. The van der Waals surface area contributed by atoms with Gasteiger partial charge in [0, 0.05) is 31.3 Å². The summed E-state index contributed by atoms with van der Waals surface area (Å²) >= 11 is 0. The molecule has 1 amide bonds. The zero-order valence-electron chi connectivity index (χ0n) is 18.8. The fourth-order valence-electron chi connectivity index (χ4n) is 3.70. The zero-order chi connectivity index (χ0) is 23.8. The number of carbonyl (C=O) groups excluding carboxylic acids is 1. The summed E-state index contributed by atoms with van der Waals surface area (Å²) in [7, 11) is 2.90. The third-order valence-corrected chi connectivity index (χ3v) is 5.32. The van der Waals surface area contributed by atoms with Crippen molar-refractivity contribution in [1.82, 2.24) is 4.90 Å². The van der Waals surface area contributed by atoms with E-state index in [0.29, 0.717) is 31.3 Å². The molecule has 0 saturated carbocycles. The molecule has 33 heavy (non-hydrogen) atoms. The second-order valence-electron chi connectivity index (χ2n) is 7.55. The number of carbonyl (C=O) groups is 1. The van der Waals surface area contributed by atoms with Crippen molar-refractivity contribution in [2.75, 3.05) is 34.0 Å². The lowest BCUT2D eigenvalue weighted by molar-refractivity contribution is -0.385. The molecule has 0 N–H and O–H groups in total. The van der Waals surface area contributed by atoms with Crippen molar-refractivity contribution in [1.29, 1.82) is 0 Å². The third kappa shape index (κ3) is 6.01. The maximum atomic E-state index is 13.4.